The van der Waals surface area contributed by atoms with Crippen molar-refractivity contribution < 1.29 is 14.6 Å². The third-order valence-electron chi connectivity index (χ3n) is 3.08. The fourth-order valence-corrected chi connectivity index (χ4v) is 2.04. The van der Waals surface area contributed by atoms with Gasteiger partial charge in [0.2, 0.25) is 0 Å². The van der Waals surface area contributed by atoms with E-state index in [2.05, 4.69) is 0 Å². The molecule has 2 rings (SSSR count). The van der Waals surface area contributed by atoms with E-state index in [0.29, 0.717) is 6.42 Å². The average molecular weight is 258 g/mol. The van der Waals surface area contributed by atoms with Crippen molar-refractivity contribution in [3.63, 3.8) is 0 Å². The molecule has 0 saturated carbocycles. The monoisotopic (exact) mass is 258 g/mol. The molecule has 0 heterocycles. The van der Waals surface area contributed by atoms with E-state index in [1.54, 1.807) is 0 Å². The standard InChI is InChI=1S/C16H18O3/c1-16(2,11-10-15(17)18)19-14-9-5-7-12-6-3-4-8-13(12)14/h3-9H,10-11H2,1-2H3,(H,17,18). The second-order valence-electron chi connectivity index (χ2n) is 5.23. The normalized spacial score (nSPS) is 11.5. The molecule has 2 aromatic carbocycles. The molecule has 0 radical (unpaired) electrons. The van der Waals surface area contributed by atoms with Crippen molar-refractivity contribution >= 4 is 16.7 Å². The van der Waals surface area contributed by atoms with Crippen LogP contribution in [0.25, 0.3) is 10.8 Å². The van der Waals surface area contributed by atoms with Crippen LogP contribution in [0.1, 0.15) is 26.7 Å². The van der Waals surface area contributed by atoms with Gasteiger partial charge in [0.1, 0.15) is 11.4 Å². The van der Waals surface area contributed by atoms with Crippen molar-refractivity contribution in [3.05, 3.63) is 42.5 Å². The van der Waals surface area contributed by atoms with Crippen LogP contribution in [0.15, 0.2) is 42.5 Å². The molecule has 3 nitrogen and oxygen atoms in total. The Morgan fingerprint density at radius 3 is 2.58 bits per heavy atom. The van der Waals surface area contributed by atoms with Crippen LogP contribution < -0.4 is 4.74 Å². The summed E-state index contributed by atoms with van der Waals surface area (Å²) in [5, 5.41) is 10.9. The van der Waals surface area contributed by atoms with Gasteiger partial charge >= 0.3 is 5.97 Å². The molecule has 0 aliphatic heterocycles. The SMILES string of the molecule is CC(C)(CCC(=O)O)Oc1cccc2ccccc12. The van der Waals surface area contributed by atoms with Crippen LogP contribution in [0.5, 0.6) is 5.75 Å². The summed E-state index contributed by atoms with van der Waals surface area (Å²) < 4.78 is 6.00. The van der Waals surface area contributed by atoms with Gasteiger partial charge in [-0.2, -0.15) is 0 Å². The molecule has 0 atom stereocenters. The first-order valence-corrected chi connectivity index (χ1v) is 6.36. The van der Waals surface area contributed by atoms with Gasteiger partial charge in [-0.3, -0.25) is 4.79 Å². The number of aliphatic carboxylic acids is 1. The van der Waals surface area contributed by atoms with E-state index in [1.165, 1.54) is 0 Å². The van der Waals surface area contributed by atoms with Crippen LogP contribution in [-0.4, -0.2) is 16.7 Å². The maximum Gasteiger partial charge on any atom is 0.303 e. The third kappa shape index (κ3) is 3.47. The fraction of sp³-hybridized carbons (Fsp3) is 0.312. The van der Waals surface area contributed by atoms with Crippen LogP contribution in [0.3, 0.4) is 0 Å². The quantitative estimate of drug-likeness (QED) is 0.885. The molecule has 0 amide bonds. The molecule has 0 unspecified atom stereocenters. The maximum atomic E-state index is 10.7. The van der Waals surface area contributed by atoms with E-state index in [-0.39, 0.29) is 6.42 Å². The predicted octanol–water partition coefficient (Wildman–Crippen LogP) is 3.86. The van der Waals surface area contributed by atoms with Gasteiger partial charge in [0.25, 0.3) is 0 Å². The molecule has 1 N–H and O–H groups in total. The fourth-order valence-electron chi connectivity index (χ4n) is 2.04. The lowest BCUT2D eigenvalue weighted by molar-refractivity contribution is -0.138. The third-order valence-corrected chi connectivity index (χ3v) is 3.08. The number of hydrogen-bond donors (Lipinski definition) is 1. The number of benzene rings is 2. The molecule has 19 heavy (non-hydrogen) atoms. The van der Waals surface area contributed by atoms with Gasteiger partial charge in [0, 0.05) is 11.8 Å². The lowest BCUT2D eigenvalue weighted by Gasteiger charge is -2.26. The Morgan fingerprint density at radius 2 is 1.84 bits per heavy atom. The van der Waals surface area contributed by atoms with Crippen LogP contribution >= 0.6 is 0 Å². The lowest BCUT2D eigenvalue weighted by atomic mass is 10.0. The van der Waals surface area contributed by atoms with Gasteiger partial charge in [-0.05, 0) is 31.7 Å². The van der Waals surface area contributed by atoms with Crippen LogP contribution in [-0.2, 0) is 4.79 Å². The van der Waals surface area contributed by atoms with Gasteiger partial charge < -0.3 is 9.84 Å². The van der Waals surface area contributed by atoms with E-state index in [0.717, 1.165) is 16.5 Å². The molecule has 3 heteroatoms. The van der Waals surface area contributed by atoms with Gasteiger partial charge in [0.15, 0.2) is 0 Å². The summed E-state index contributed by atoms with van der Waals surface area (Å²) >= 11 is 0. The van der Waals surface area contributed by atoms with Crippen molar-refractivity contribution in [2.24, 2.45) is 0 Å². The Balaban J connectivity index is 2.23. The first-order chi connectivity index (χ1) is 8.98. The lowest BCUT2D eigenvalue weighted by Crippen LogP contribution is -2.29. The van der Waals surface area contributed by atoms with Crippen molar-refractivity contribution in [2.75, 3.05) is 0 Å². The summed E-state index contributed by atoms with van der Waals surface area (Å²) in [7, 11) is 0. The molecule has 100 valence electrons. The van der Waals surface area contributed by atoms with Crippen molar-refractivity contribution in [3.8, 4) is 5.75 Å². The van der Waals surface area contributed by atoms with Gasteiger partial charge in [-0.1, -0.05) is 36.4 Å². The molecule has 0 aliphatic rings. The number of carboxylic acids is 1. The number of hydrogen-bond acceptors (Lipinski definition) is 2. The first-order valence-electron chi connectivity index (χ1n) is 6.36. The Hall–Kier alpha value is -2.03. The molecular formula is C16H18O3. The number of fused-ring (bicyclic) bond motifs is 1. The van der Waals surface area contributed by atoms with E-state index >= 15 is 0 Å². The van der Waals surface area contributed by atoms with Crippen molar-refractivity contribution in [1.82, 2.24) is 0 Å². The molecule has 0 spiro atoms. The summed E-state index contributed by atoms with van der Waals surface area (Å²) in [6.45, 7) is 3.83. The molecule has 0 bridgehead atoms. The molecular weight excluding hydrogens is 240 g/mol. The Bertz CT molecular complexity index is 582. The van der Waals surface area contributed by atoms with E-state index in [9.17, 15) is 4.79 Å². The summed E-state index contributed by atoms with van der Waals surface area (Å²) in [4.78, 5) is 10.7. The highest BCUT2D eigenvalue weighted by atomic mass is 16.5. The summed E-state index contributed by atoms with van der Waals surface area (Å²) in [5.41, 5.74) is -0.498. The Labute approximate surface area is 112 Å². The highest BCUT2D eigenvalue weighted by Gasteiger charge is 2.21. The molecule has 0 aromatic heterocycles. The average Bonchev–Trinajstić information content (AvgIpc) is 2.37. The molecule has 0 aliphatic carbocycles. The minimum absolute atomic E-state index is 0.109. The summed E-state index contributed by atoms with van der Waals surface area (Å²) in [5.74, 6) is 0.00286. The zero-order valence-electron chi connectivity index (χ0n) is 11.2. The molecule has 0 saturated heterocycles. The van der Waals surface area contributed by atoms with Crippen LogP contribution in [0, 0.1) is 0 Å². The number of carbonyl (C=O) groups is 1. The largest absolute Gasteiger partial charge is 0.487 e. The van der Waals surface area contributed by atoms with Gasteiger partial charge in [0.05, 0.1) is 0 Å². The zero-order valence-corrected chi connectivity index (χ0v) is 11.2. The maximum absolute atomic E-state index is 10.7. The van der Waals surface area contributed by atoms with E-state index < -0.39 is 11.6 Å². The van der Waals surface area contributed by atoms with E-state index in [4.69, 9.17) is 9.84 Å². The van der Waals surface area contributed by atoms with Crippen LogP contribution in [0.4, 0.5) is 0 Å². The second kappa shape index (κ2) is 5.31. The number of carboxylic acid groups (broad SMARTS) is 1. The highest BCUT2D eigenvalue weighted by Crippen LogP contribution is 2.29. The Morgan fingerprint density at radius 1 is 1.16 bits per heavy atom. The number of ether oxygens (including phenoxy) is 1. The predicted molar refractivity (Wildman–Crippen MR) is 75.5 cm³/mol. The minimum atomic E-state index is -0.797. The summed E-state index contributed by atoms with van der Waals surface area (Å²) in [6, 6.07) is 13.9. The molecule has 2 aromatic rings. The summed E-state index contributed by atoms with van der Waals surface area (Å²) in [6.07, 6.45) is 0.587. The Kier molecular flexibility index (Phi) is 3.74. The highest BCUT2D eigenvalue weighted by molar-refractivity contribution is 5.88. The minimum Gasteiger partial charge on any atom is -0.487 e. The molecule has 0 fully saturated rings. The van der Waals surface area contributed by atoms with Crippen molar-refractivity contribution in [2.45, 2.75) is 32.3 Å². The van der Waals surface area contributed by atoms with Crippen molar-refractivity contribution in [1.29, 1.82) is 0 Å². The van der Waals surface area contributed by atoms with Gasteiger partial charge in [-0.25, -0.2) is 0 Å². The number of rotatable bonds is 5. The van der Waals surface area contributed by atoms with Crippen LogP contribution in [0.2, 0.25) is 0 Å². The van der Waals surface area contributed by atoms with E-state index in [1.807, 2.05) is 56.3 Å². The van der Waals surface area contributed by atoms with Gasteiger partial charge in [-0.15, -0.1) is 0 Å². The zero-order chi connectivity index (χ0) is 13.9. The second-order valence-corrected chi connectivity index (χ2v) is 5.23. The topological polar surface area (TPSA) is 46.5 Å². The smallest absolute Gasteiger partial charge is 0.303 e. The first kappa shape index (κ1) is 13.4.